The van der Waals surface area contributed by atoms with E-state index >= 15 is 0 Å². The summed E-state index contributed by atoms with van der Waals surface area (Å²) in [4.78, 5) is 4.70. The van der Waals surface area contributed by atoms with Gasteiger partial charge in [0.15, 0.2) is 0 Å². The van der Waals surface area contributed by atoms with Crippen LogP contribution in [0, 0.1) is 13.8 Å². The van der Waals surface area contributed by atoms with E-state index in [0.29, 0.717) is 35.3 Å². The van der Waals surface area contributed by atoms with Crippen molar-refractivity contribution in [2.45, 2.75) is 37.6 Å². The van der Waals surface area contributed by atoms with Crippen molar-refractivity contribution in [1.82, 2.24) is 14.4 Å². The van der Waals surface area contributed by atoms with Gasteiger partial charge in [0.1, 0.15) is 6.04 Å². The average molecular weight is 418 g/mol. The molecule has 0 unspecified atom stereocenters. The fourth-order valence-electron chi connectivity index (χ4n) is 3.54. The third-order valence-corrected chi connectivity index (χ3v) is 7.47. The molecule has 28 heavy (non-hydrogen) atoms. The van der Waals surface area contributed by atoms with E-state index in [1.807, 2.05) is 31.2 Å². The Balaban J connectivity index is 1.68. The Labute approximate surface area is 169 Å². The third kappa shape index (κ3) is 3.34. The second-order valence-electron chi connectivity index (χ2n) is 6.96. The van der Waals surface area contributed by atoms with Crippen molar-refractivity contribution in [3.63, 3.8) is 0 Å². The summed E-state index contributed by atoms with van der Waals surface area (Å²) in [6.07, 6.45) is 1.36. The number of aryl methyl sites for hydroxylation is 1. The molecule has 4 rings (SSSR count). The highest BCUT2D eigenvalue weighted by Crippen LogP contribution is 2.38. The molecule has 1 saturated heterocycles. The summed E-state index contributed by atoms with van der Waals surface area (Å²) in [7, 11) is -3.73. The molecular weight excluding hydrogens is 398 g/mol. The Morgan fingerprint density at radius 1 is 1.18 bits per heavy atom. The van der Waals surface area contributed by atoms with Crippen LogP contribution in [0.3, 0.4) is 0 Å². The summed E-state index contributed by atoms with van der Waals surface area (Å²) >= 11 is 6.14. The molecule has 0 N–H and O–H groups in total. The molecule has 0 saturated carbocycles. The number of nitrogens with zero attached hydrogens (tertiary/aromatic N) is 3. The van der Waals surface area contributed by atoms with Crippen LogP contribution in [0.25, 0.3) is 11.4 Å². The van der Waals surface area contributed by atoms with Crippen molar-refractivity contribution in [1.29, 1.82) is 0 Å². The van der Waals surface area contributed by atoms with E-state index in [1.54, 1.807) is 25.1 Å². The van der Waals surface area contributed by atoms with Gasteiger partial charge >= 0.3 is 0 Å². The summed E-state index contributed by atoms with van der Waals surface area (Å²) in [5, 5.41) is 4.49. The Kier molecular flexibility index (Phi) is 4.99. The number of rotatable bonds is 4. The molecule has 1 aliphatic rings. The zero-order valence-corrected chi connectivity index (χ0v) is 17.2. The van der Waals surface area contributed by atoms with Crippen LogP contribution in [-0.2, 0) is 10.0 Å². The minimum atomic E-state index is -3.73. The minimum absolute atomic E-state index is 0.213. The summed E-state index contributed by atoms with van der Waals surface area (Å²) in [6, 6.07) is 12.2. The van der Waals surface area contributed by atoms with E-state index in [-0.39, 0.29) is 4.90 Å². The van der Waals surface area contributed by atoms with Crippen LogP contribution in [-0.4, -0.2) is 29.4 Å². The smallest absolute Gasteiger partial charge is 0.245 e. The van der Waals surface area contributed by atoms with Crippen LogP contribution >= 0.6 is 11.6 Å². The molecule has 8 heteroatoms. The van der Waals surface area contributed by atoms with Crippen molar-refractivity contribution in [3.8, 4) is 11.4 Å². The van der Waals surface area contributed by atoms with Gasteiger partial charge in [0.25, 0.3) is 0 Å². The van der Waals surface area contributed by atoms with E-state index in [9.17, 15) is 8.42 Å². The molecule has 2 aromatic carbocycles. The molecule has 1 aliphatic heterocycles. The Bertz CT molecular complexity index is 1130. The van der Waals surface area contributed by atoms with Crippen molar-refractivity contribution in [2.75, 3.05) is 6.54 Å². The van der Waals surface area contributed by atoms with Crippen LogP contribution in [0.1, 0.15) is 35.9 Å². The highest BCUT2D eigenvalue weighted by molar-refractivity contribution is 7.89. The van der Waals surface area contributed by atoms with Gasteiger partial charge in [-0.15, -0.1) is 0 Å². The van der Waals surface area contributed by atoms with Gasteiger partial charge in [0.05, 0.1) is 4.90 Å². The normalized spacial score (nSPS) is 17.9. The topological polar surface area (TPSA) is 76.3 Å². The number of sulfonamides is 1. The highest BCUT2D eigenvalue weighted by Gasteiger charge is 2.40. The van der Waals surface area contributed by atoms with E-state index in [2.05, 4.69) is 10.1 Å². The second-order valence-corrected chi connectivity index (χ2v) is 9.23. The van der Waals surface area contributed by atoms with E-state index < -0.39 is 16.1 Å². The lowest BCUT2D eigenvalue weighted by molar-refractivity contribution is 0.290. The predicted octanol–water partition coefficient (Wildman–Crippen LogP) is 4.53. The van der Waals surface area contributed by atoms with Crippen molar-refractivity contribution < 1.29 is 12.9 Å². The van der Waals surface area contributed by atoms with Gasteiger partial charge in [-0.25, -0.2) is 8.42 Å². The molecule has 6 nitrogen and oxygen atoms in total. The molecule has 1 fully saturated rings. The van der Waals surface area contributed by atoms with Crippen LogP contribution in [0.4, 0.5) is 0 Å². The molecule has 3 aromatic rings. The molecule has 0 aliphatic carbocycles. The van der Waals surface area contributed by atoms with Crippen LogP contribution in [0.2, 0.25) is 5.02 Å². The number of aromatic nitrogens is 2. The zero-order chi connectivity index (χ0) is 19.9. The molecule has 1 aromatic heterocycles. The number of hydrogen-bond acceptors (Lipinski definition) is 5. The molecule has 0 bridgehead atoms. The highest BCUT2D eigenvalue weighted by atomic mass is 35.5. The molecule has 146 valence electrons. The molecule has 1 atom stereocenters. The maximum absolute atomic E-state index is 13.3. The lowest BCUT2D eigenvalue weighted by atomic mass is 10.1. The van der Waals surface area contributed by atoms with Gasteiger partial charge < -0.3 is 4.52 Å². The van der Waals surface area contributed by atoms with Gasteiger partial charge in [-0.1, -0.05) is 46.6 Å². The zero-order valence-electron chi connectivity index (χ0n) is 15.6. The monoisotopic (exact) mass is 417 g/mol. The van der Waals surface area contributed by atoms with Gasteiger partial charge in [-0.2, -0.15) is 9.29 Å². The van der Waals surface area contributed by atoms with Crippen molar-refractivity contribution >= 4 is 21.6 Å². The maximum atomic E-state index is 13.3. The molecular formula is C20H20ClN3O3S. The Morgan fingerprint density at radius 3 is 2.75 bits per heavy atom. The summed E-state index contributed by atoms with van der Waals surface area (Å²) in [6.45, 7) is 4.10. The van der Waals surface area contributed by atoms with E-state index in [1.165, 1.54) is 4.31 Å². The van der Waals surface area contributed by atoms with Gasteiger partial charge in [0.2, 0.25) is 21.7 Å². The molecule has 0 radical (unpaired) electrons. The quantitative estimate of drug-likeness (QED) is 0.623. The first kappa shape index (κ1) is 19.1. The molecule has 0 amide bonds. The second kappa shape index (κ2) is 7.31. The van der Waals surface area contributed by atoms with Crippen LogP contribution in [0.5, 0.6) is 0 Å². The fraction of sp³-hybridized carbons (Fsp3) is 0.300. The van der Waals surface area contributed by atoms with Crippen molar-refractivity contribution in [2.24, 2.45) is 0 Å². The van der Waals surface area contributed by atoms with Crippen LogP contribution < -0.4 is 0 Å². The predicted molar refractivity (Wildman–Crippen MR) is 107 cm³/mol. The maximum Gasteiger partial charge on any atom is 0.245 e. The minimum Gasteiger partial charge on any atom is -0.337 e. The first-order valence-electron chi connectivity index (χ1n) is 9.05. The first-order valence-corrected chi connectivity index (χ1v) is 10.9. The van der Waals surface area contributed by atoms with Gasteiger partial charge in [-0.05, 0) is 50.5 Å². The largest absolute Gasteiger partial charge is 0.337 e. The van der Waals surface area contributed by atoms with Gasteiger partial charge in [0, 0.05) is 17.1 Å². The Morgan fingerprint density at radius 2 is 1.96 bits per heavy atom. The van der Waals surface area contributed by atoms with Gasteiger partial charge in [-0.3, -0.25) is 0 Å². The summed E-state index contributed by atoms with van der Waals surface area (Å²) in [5.74, 6) is 0.777. The average Bonchev–Trinajstić information content (AvgIpc) is 3.33. The first-order chi connectivity index (χ1) is 13.4. The molecule has 2 heterocycles. The SMILES string of the molecule is Cc1cccc(-c2noc([C@@H]3CCCN3S(=O)(=O)c3cccc(Cl)c3C)n2)c1. The number of benzene rings is 2. The summed E-state index contributed by atoms with van der Waals surface area (Å²) < 4.78 is 33.5. The third-order valence-electron chi connectivity index (χ3n) is 5.01. The lowest BCUT2D eigenvalue weighted by Gasteiger charge is -2.22. The summed E-state index contributed by atoms with van der Waals surface area (Å²) in [5.41, 5.74) is 2.47. The van der Waals surface area contributed by atoms with Crippen molar-refractivity contribution in [3.05, 3.63) is 64.5 Å². The number of hydrogen-bond donors (Lipinski definition) is 0. The number of halogens is 1. The fourth-order valence-corrected chi connectivity index (χ4v) is 5.67. The Hall–Kier alpha value is -2.22. The lowest BCUT2D eigenvalue weighted by Crippen LogP contribution is -2.31. The molecule has 0 spiro atoms. The van der Waals surface area contributed by atoms with E-state index in [4.69, 9.17) is 16.1 Å². The standard InChI is InChI=1S/C20H20ClN3O3S/c1-13-6-3-7-15(12-13)19-22-20(27-23-19)17-9-5-11-24(17)28(25,26)18-10-4-8-16(21)14(18)2/h3-4,6-8,10,12,17H,5,9,11H2,1-2H3/t17-/m0/s1. The van der Waals surface area contributed by atoms with E-state index in [0.717, 1.165) is 17.5 Å². The van der Waals surface area contributed by atoms with Crippen LogP contribution in [0.15, 0.2) is 51.9 Å².